The first-order chi connectivity index (χ1) is 7.90. The van der Waals surface area contributed by atoms with E-state index in [1.165, 1.54) is 32.1 Å². The SMILES string of the molecule is OCCC(NC1CCOC1)C1CCCCC1. The molecule has 2 aliphatic rings. The first-order valence-corrected chi connectivity index (χ1v) is 6.85. The fraction of sp³-hybridized carbons (Fsp3) is 1.00. The number of rotatable bonds is 5. The summed E-state index contributed by atoms with van der Waals surface area (Å²) in [6.07, 6.45) is 8.85. The molecule has 3 nitrogen and oxygen atoms in total. The Kier molecular flexibility index (Phi) is 5.07. The van der Waals surface area contributed by atoms with Crippen LogP contribution in [0, 0.1) is 5.92 Å². The molecular formula is C13H25NO2. The molecule has 0 spiro atoms. The average molecular weight is 227 g/mol. The lowest BCUT2D eigenvalue weighted by Crippen LogP contribution is -2.44. The zero-order valence-electron chi connectivity index (χ0n) is 10.2. The van der Waals surface area contributed by atoms with Gasteiger partial charge in [0.05, 0.1) is 6.61 Å². The van der Waals surface area contributed by atoms with Gasteiger partial charge in [0, 0.05) is 25.3 Å². The van der Waals surface area contributed by atoms with Crippen LogP contribution < -0.4 is 5.32 Å². The molecule has 0 aromatic rings. The molecule has 94 valence electrons. The van der Waals surface area contributed by atoms with Crippen LogP contribution in [-0.4, -0.2) is 37.0 Å². The third kappa shape index (κ3) is 3.44. The molecule has 0 bridgehead atoms. The Morgan fingerprint density at radius 3 is 2.62 bits per heavy atom. The van der Waals surface area contributed by atoms with Gasteiger partial charge in [-0.05, 0) is 31.6 Å². The van der Waals surface area contributed by atoms with E-state index < -0.39 is 0 Å². The second kappa shape index (κ2) is 6.58. The van der Waals surface area contributed by atoms with Crippen LogP contribution in [0.4, 0.5) is 0 Å². The van der Waals surface area contributed by atoms with Crippen LogP contribution in [0.5, 0.6) is 0 Å². The van der Waals surface area contributed by atoms with E-state index in [-0.39, 0.29) is 0 Å². The maximum atomic E-state index is 9.17. The highest BCUT2D eigenvalue weighted by atomic mass is 16.5. The minimum atomic E-state index is 0.307. The van der Waals surface area contributed by atoms with Gasteiger partial charge in [-0.25, -0.2) is 0 Å². The Bertz CT molecular complexity index is 186. The maximum absolute atomic E-state index is 9.17. The number of ether oxygens (including phenoxy) is 1. The van der Waals surface area contributed by atoms with E-state index in [0.29, 0.717) is 18.7 Å². The zero-order chi connectivity index (χ0) is 11.2. The lowest BCUT2D eigenvalue weighted by Gasteiger charge is -2.32. The summed E-state index contributed by atoms with van der Waals surface area (Å²) >= 11 is 0. The summed E-state index contributed by atoms with van der Waals surface area (Å²) in [6, 6.07) is 1.04. The molecule has 16 heavy (non-hydrogen) atoms. The molecule has 0 aromatic heterocycles. The summed E-state index contributed by atoms with van der Waals surface area (Å²) in [7, 11) is 0. The highest BCUT2D eigenvalue weighted by molar-refractivity contribution is 4.83. The van der Waals surface area contributed by atoms with Crippen molar-refractivity contribution < 1.29 is 9.84 Å². The Labute approximate surface area is 98.6 Å². The zero-order valence-corrected chi connectivity index (χ0v) is 10.2. The van der Waals surface area contributed by atoms with Crippen molar-refractivity contribution in [3.05, 3.63) is 0 Å². The third-order valence-electron chi connectivity index (χ3n) is 4.04. The van der Waals surface area contributed by atoms with Gasteiger partial charge in [-0.1, -0.05) is 19.3 Å². The Morgan fingerprint density at radius 2 is 2.00 bits per heavy atom. The van der Waals surface area contributed by atoms with Crippen molar-refractivity contribution in [3.63, 3.8) is 0 Å². The predicted octanol–water partition coefficient (Wildman–Crippen LogP) is 1.70. The van der Waals surface area contributed by atoms with E-state index in [2.05, 4.69) is 5.32 Å². The van der Waals surface area contributed by atoms with Gasteiger partial charge in [0.2, 0.25) is 0 Å². The van der Waals surface area contributed by atoms with Crippen molar-refractivity contribution in [2.24, 2.45) is 5.92 Å². The molecule has 2 unspecified atom stereocenters. The first-order valence-electron chi connectivity index (χ1n) is 6.85. The lowest BCUT2D eigenvalue weighted by molar-refractivity contribution is 0.169. The van der Waals surface area contributed by atoms with Crippen LogP contribution >= 0.6 is 0 Å². The molecule has 0 aromatic carbocycles. The minimum absolute atomic E-state index is 0.307. The Morgan fingerprint density at radius 1 is 1.19 bits per heavy atom. The fourth-order valence-corrected chi connectivity index (χ4v) is 3.10. The molecule has 2 atom stereocenters. The van der Waals surface area contributed by atoms with Gasteiger partial charge in [0.25, 0.3) is 0 Å². The second-order valence-corrected chi connectivity index (χ2v) is 5.24. The lowest BCUT2D eigenvalue weighted by atomic mass is 9.82. The highest BCUT2D eigenvalue weighted by Crippen LogP contribution is 2.28. The standard InChI is InChI=1S/C13H25NO2/c15-8-6-13(11-4-2-1-3-5-11)14-12-7-9-16-10-12/h11-15H,1-10H2. The largest absolute Gasteiger partial charge is 0.396 e. The number of aliphatic hydroxyl groups is 1. The summed E-state index contributed by atoms with van der Waals surface area (Å²) in [4.78, 5) is 0. The van der Waals surface area contributed by atoms with E-state index in [1.807, 2.05) is 0 Å². The molecule has 1 aliphatic heterocycles. The third-order valence-corrected chi connectivity index (χ3v) is 4.04. The van der Waals surface area contributed by atoms with E-state index in [0.717, 1.165) is 32.0 Å². The quantitative estimate of drug-likeness (QED) is 0.751. The van der Waals surface area contributed by atoms with Gasteiger partial charge in [0.15, 0.2) is 0 Å². The van der Waals surface area contributed by atoms with Crippen molar-refractivity contribution in [1.29, 1.82) is 0 Å². The van der Waals surface area contributed by atoms with Crippen LogP contribution in [-0.2, 0) is 4.74 Å². The number of hydrogen-bond acceptors (Lipinski definition) is 3. The highest BCUT2D eigenvalue weighted by Gasteiger charge is 2.26. The normalized spacial score (nSPS) is 29.4. The van der Waals surface area contributed by atoms with Gasteiger partial charge >= 0.3 is 0 Å². The molecule has 2 N–H and O–H groups in total. The Balaban J connectivity index is 1.82. The number of aliphatic hydroxyl groups excluding tert-OH is 1. The molecule has 1 saturated carbocycles. The molecule has 2 fully saturated rings. The van der Waals surface area contributed by atoms with Gasteiger partial charge < -0.3 is 15.2 Å². The van der Waals surface area contributed by atoms with Gasteiger partial charge in [-0.3, -0.25) is 0 Å². The van der Waals surface area contributed by atoms with Crippen molar-refractivity contribution >= 4 is 0 Å². The minimum Gasteiger partial charge on any atom is -0.396 e. The average Bonchev–Trinajstić information content (AvgIpc) is 2.83. The summed E-state index contributed by atoms with van der Waals surface area (Å²) in [5.74, 6) is 0.779. The van der Waals surface area contributed by atoms with Crippen molar-refractivity contribution in [2.45, 2.75) is 57.0 Å². The van der Waals surface area contributed by atoms with Crippen LogP contribution in [0.25, 0.3) is 0 Å². The maximum Gasteiger partial charge on any atom is 0.0620 e. The van der Waals surface area contributed by atoms with Crippen molar-refractivity contribution in [1.82, 2.24) is 5.32 Å². The molecule has 3 heteroatoms. The topological polar surface area (TPSA) is 41.5 Å². The molecule has 1 saturated heterocycles. The molecular weight excluding hydrogens is 202 g/mol. The predicted molar refractivity (Wildman–Crippen MR) is 64.4 cm³/mol. The summed E-state index contributed by atoms with van der Waals surface area (Å²) < 4.78 is 5.40. The second-order valence-electron chi connectivity index (χ2n) is 5.24. The van der Waals surface area contributed by atoms with Gasteiger partial charge in [-0.15, -0.1) is 0 Å². The monoisotopic (exact) mass is 227 g/mol. The molecule has 0 radical (unpaired) electrons. The molecule has 2 rings (SSSR count). The molecule has 1 aliphatic carbocycles. The summed E-state index contributed by atoms with van der Waals surface area (Å²) in [5, 5.41) is 12.9. The summed E-state index contributed by atoms with van der Waals surface area (Å²) in [6.45, 7) is 2.06. The van der Waals surface area contributed by atoms with E-state index in [4.69, 9.17) is 9.84 Å². The van der Waals surface area contributed by atoms with Crippen molar-refractivity contribution in [2.75, 3.05) is 19.8 Å². The van der Waals surface area contributed by atoms with Crippen LogP contribution in [0.1, 0.15) is 44.9 Å². The van der Waals surface area contributed by atoms with Gasteiger partial charge in [-0.2, -0.15) is 0 Å². The molecule has 0 amide bonds. The van der Waals surface area contributed by atoms with Gasteiger partial charge in [0.1, 0.15) is 0 Å². The Hall–Kier alpha value is -0.120. The first kappa shape index (κ1) is 12.3. The smallest absolute Gasteiger partial charge is 0.0620 e. The fourth-order valence-electron chi connectivity index (χ4n) is 3.10. The van der Waals surface area contributed by atoms with E-state index in [1.54, 1.807) is 0 Å². The number of nitrogens with one attached hydrogen (secondary N) is 1. The van der Waals surface area contributed by atoms with Crippen molar-refractivity contribution in [3.8, 4) is 0 Å². The van der Waals surface area contributed by atoms with E-state index in [9.17, 15) is 0 Å². The van der Waals surface area contributed by atoms with Crippen LogP contribution in [0.15, 0.2) is 0 Å². The van der Waals surface area contributed by atoms with Crippen LogP contribution in [0.2, 0.25) is 0 Å². The molecule has 1 heterocycles. The summed E-state index contributed by atoms with van der Waals surface area (Å²) in [5.41, 5.74) is 0. The van der Waals surface area contributed by atoms with Crippen LogP contribution in [0.3, 0.4) is 0 Å². The van der Waals surface area contributed by atoms with E-state index >= 15 is 0 Å². The number of hydrogen-bond donors (Lipinski definition) is 2.